The lowest BCUT2D eigenvalue weighted by molar-refractivity contribution is -0.122. The fraction of sp³-hybridized carbons (Fsp3) is 0.800. The lowest BCUT2D eigenvalue weighted by Crippen LogP contribution is -2.39. The predicted octanol–water partition coefficient (Wildman–Crippen LogP) is 0.933. The van der Waals surface area contributed by atoms with Crippen molar-refractivity contribution in [3.8, 4) is 0 Å². The summed E-state index contributed by atoms with van der Waals surface area (Å²) >= 11 is 0.894. The van der Waals surface area contributed by atoms with Gasteiger partial charge in [-0.1, -0.05) is 11.8 Å². The van der Waals surface area contributed by atoms with E-state index in [4.69, 9.17) is 14.8 Å². The Balaban J connectivity index is 5.11. The third-order valence-electron chi connectivity index (χ3n) is 1.86. The first-order valence-electron chi connectivity index (χ1n) is 5.93. The molecule has 0 saturated heterocycles. The summed E-state index contributed by atoms with van der Waals surface area (Å²) in [6.07, 6.45) is 0. The Morgan fingerprint density at radius 2 is 1.84 bits per heavy atom. The molecule has 0 spiro atoms. The average Bonchev–Trinajstić information content (AvgIpc) is 2.33. The molecule has 0 saturated carbocycles. The van der Waals surface area contributed by atoms with E-state index in [1.54, 1.807) is 13.8 Å². The molecule has 0 heterocycles. The van der Waals surface area contributed by atoms with Crippen LogP contribution in [-0.2, 0) is 23.2 Å². The van der Waals surface area contributed by atoms with Crippen molar-refractivity contribution in [3.63, 3.8) is 0 Å². The van der Waals surface area contributed by atoms with Crippen molar-refractivity contribution >= 4 is 30.4 Å². The molecule has 3 N–H and O–H groups in total. The summed E-state index contributed by atoms with van der Waals surface area (Å²) in [6, 6.07) is 0. The highest BCUT2D eigenvalue weighted by atomic mass is 32.2. The smallest absolute Gasteiger partial charge is 0.335 e. The molecular formula is C10H21N2O5PS. The average molecular weight is 312 g/mol. The molecule has 1 atom stereocenters. The minimum atomic E-state index is -3.72. The highest BCUT2D eigenvalue weighted by Crippen LogP contribution is 2.53. The molecule has 0 bridgehead atoms. The van der Waals surface area contributed by atoms with Gasteiger partial charge in [-0.2, -0.15) is 0 Å². The van der Waals surface area contributed by atoms with Crippen molar-refractivity contribution in [2.45, 2.75) is 26.6 Å². The molecule has 1 unspecified atom stereocenters. The lowest BCUT2D eigenvalue weighted by atomic mass is 10.6. The van der Waals surface area contributed by atoms with Crippen LogP contribution in [0.25, 0.3) is 0 Å². The molecule has 0 rings (SSSR count). The van der Waals surface area contributed by atoms with Crippen molar-refractivity contribution in [1.29, 1.82) is 0 Å². The second-order valence-electron chi connectivity index (χ2n) is 3.43. The van der Waals surface area contributed by atoms with Crippen LogP contribution in [-0.4, -0.2) is 42.3 Å². The number of amides is 1. The highest BCUT2D eigenvalue weighted by Gasteiger charge is 2.41. The second-order valence-corrected chi connectivity index (χ2v) is 6.65. The minimum Gasteiger partial charge on any atom is -0.335 e. The van der Waals surface area contributed by atoms with E-state index in [9.17, 15) is 14.2 Å². The number of hydrogen-bond donors (Lipinski definition) is 2. The van der Waals surface area contributed by atoms with Gasteiger partial charge in [-0.15, -0.1) is 0 Å². The van der Waals surface area contributed by atoms with Crippen LogP contribution in [0.1, 0.15) is 20.8 Å². The number of carbonyl (C=O) groups is 2. The van der Waals surface area contributed by atoms with Crippen molar-refractivity contribution < 1.29 is 23.2 Å². The van der Waals surface area contributed by atoms with E-state index in [0.29, 0.717) is 12.3 Å². The zero-order chi connectivity index (χ0) is 14.9. The molecule has 0 fully saturated rings. The molecular weight excluding hydrogens is 291 g/mol. The molecule has 0 aliphatic carbocycles. The molecule has 0 aromatic heterocycles. The Hall–Kier alpha value is -0.400. The Kier molecular flexibility index (Phi) is 9.30. The molecule has 112 valence electrons. The molecule has 7 nitrogen and oxygen atoms in total. The van der Waals surface area contributed by atoms with Crippen molar-refractivity contribution in [2.24, 2.45) is 5.73 Å². The Morgan fingerprint density at radius 1 is 1.32 bits per heavy atom. The maximum absolute atomic E-state index is 12.5. The SMILES string of the molecule is CCOP(=O)(OCC)C(NC(C)=O)C(=O)SCCN. The van der Waals surface area contributed by atoms with E-state index in [0.717, 1.165) is 11.8 Å². The maximum Gasteiger partial charge on any atom is 0.361 e. The molecule has 0 radical (unpaired) electrons. The number of hydrogen-bond acceptors (Lipinski definition) is 7. The Morgan fingerprint density at radius 3 is 2.21 bits per heavy atom. The van der Waals surface area contributed by atoms with E-state index in [2.05, 4.69) is 5.32 Å². The van der Waals surface area contributed by atoms with E-state index >= 15 is 0 Å². The number of rotatable bonds is 9. The molecule has 0 aliphatic rings. The monoisotopic (exact) mass is 312 g/mol. The summed E-state index contributed by atoms with van der Waals surface area (Å²) in [5, 5.41) is 1.85. The van der Waals surface area contributed by atoms with Crippen LogP contribution in [0.2, 0.25) is 0 Å². The van der Waals surface area contributed by atoms with Gasteiger partial charge in [-0.3, -0.25) is 14.2 Å². The summed E-state index contributed by atoms with van der Waals surface area (Å²) in [6.45, 7) is 5.03. The Labute approximate surface area is 117 Å². The minimum absolute atomic E-state index is 0.113. The van der Waals surface area contributed by atoms with Gasteiger partial charge in [0, 0.05) is 19.2 Å². The summed E-state index contributed by atoms with van der Waals surface area (Å²) in [7, 11) is -3.72. The first-order valence-corrected chi connectivity index (χ1v) is 8.53. The molecule has 0 aliphatic heterocycles. The fourth-order valence-corrected chi connectivity index (χ4v) is 4.08. The molecule has 1 amide bonds. The van der Waals surface area contributed by atoms with E-state index < -0.39 is 24.4 Å². The van der Waals surface area contributed by atoms with Gasteiger partial charge < -0.3 is 20.1 Å². The Bertz CT molecular complexity index is 343. The number of thioether (sulfide) groups is 1. The summed E-state index contributed by atoms with van der Waals surface area (Å²) in [5.74, 6) is -1.42. The van der Waals surface area contributed by atoms with Crippen LogP contribution in [0, 0.1) is 0 Å². The van der Waals surface area contributed by atoms with Gasteiger partial charge in [-0.25, -0.2) is 0 Å². The topological polar surface area (TPSA) is 108 Å². The van der Waals surface area contributed by atoms with Crippen LogP contribution in [0.5, 0.6) is 0 Å². The van der Waals surface area contributed by atoms with Crippen molar-refractivity contribution in [1.82, 2.24) is 5.32 Å². The van der Waals surface area contributed by atoms with Crippen LogP contribution in [0.15, 0.2) is 0 Å². The van der Waals surface area contributed by atoms with Crippen molar-refractivity contribution in [2.75, 3.05) is 25.5 Å². The van der Waals surface area contributed by atoms with Crippen LogP contribution < -0.4 is 11.1 Å². The first-order chi connectivity index (χ1) is 8.91. The third kappa shape index (κ3) is 6.54. The van der Waals surface area contributed by atoms with Gasteiger partial charge >= 0.3 is 7.60 Å². The highest BCUT2D eigenvalue weighted by molar-refractivity contribution is 8.14. The number of nitrogens with two attached hydrogens (primary N) is 1. The largest absolute Gasteiger partial charge is 0.361 e. The molecule has 9 heteroatoms. The quantitative estimate of drug-likeness (QED) is 0.610. The number of nitrogens with one attached hydrogen (secondary N) is 1. The maximum atomic E-state index is 12.5. The van der Waals surface area contributed by atoms with E-state index in [-0.39, 0.29) is 13.2 Å². The standard InChI is InChI=1S/C10H21N2O5PS/c1-4-16-18(15,17-5-2)9(12-8(3)13)10(14)19-7-6-11/h9H,4-7,11H2,1-3H3,(H,12,13). The molecule has 19 heavy (non-hydrogen) atoms. The van der Waals surface area contributed by atoms with E-state index in [1.807, 2.05) is 0 Å². The third-order valence-corrected chi connectivity index (χ3v) is 5.23. The zero-order valence-electron chi connectivity index (χ0n) is 11.4. The van der Waals surface area contributed by atoms with Crippen LogP contribution >= 0.6 is 19.4 Å². The molecule has 0 aromatic carbocycles. The summed E-state index contributed by atoms with van der Waals surface area (Å²) in [4.78, 5) is 23.2. The summed E-state index contributed by atoms with van der Waals surface area (Å²) < 4.78 is 22.7. The predicted molar refractivity (Wildman–Crippen MR) is 75.0 cm³/mol. The van der Waals surface area contributed by atoms with E-state index in [1.165, 1.54) is 6.92 Å². The fourth-order valence-electron chi connectivity index (χ4n) is 1.24. The lowest BCUT2D eigenvalue weighted by Gasteiger charge is -2.25. The van der Waals surface area contributed by atoms with Gasteiger partial charge in [-0.05, 0) is 13.8 Å². The van der Waals surface area contributed by atoms with Gasteiger partial charge in [0.15, 0.2) is 0 Å². The number of carbonyl (C=O) groups excluding carboxylic acids is 2. The van der Waals surface area contributed by atoms with Gasteiger partial charge in [0.25, 0.3) is 0 Å². The zero-order valence-corrected chi connectivity index (χ0v) is 13.1. The molecule has 0 aromatic rings. The van der Waals surface area contributed by atoms with Crippen LogP contribution in [0.4, 0.5) is 0 Å². The van der Waals surface area contributed by atoms with Gasteiger partial charge in [0.1, 0.15) is 0 Å². The van der Waals surface area contributed by atoms with Crippen molar-refractivity contribution in [3.05, 3.63) is 0 Å². The van der Waals surface area contributed by atoms with Gasteiger partial charge in [0.05, 0.1) is 13.2 Å². The van der Waals surface area contributed by atoms with Crippen LogP contribution in [0.3, 0.4) is 0 Å². The second kappa shape index (κ2) is 9.50. The normalized spacial score (nSPS) is 13.1. The van der Waals surface area contributed by atoms with Gasteiger partial charge in [0.2, 0.25) is 16.8 Å². The summed E-state index contributed by atoms with van der Waals surface area (Å²) in [5.41, 5.74) is 5.31. The first kappa shape index (κ1) is 18.6.